The molecule has 17 heavy (non-hydrogen) atoms. The SMILES string of the molecule is CC.CC.Cc1ccc(N)c(OS(C)(=O)=O)c1. The molecule has 0 saturated heterocycles. The second-order valence-corrected chi connectivity index (χ2v) is 4.40. The monoisotopic (exact) mass is 261 g/mol. The average molecular weight is 261 g/mol. The molecule has 0 fully saturated rings. The van der Waals surface area contributed by atoms with Gasteiger partial charge in [0.2, 0.25) is 0 Å². The molecular weight excluding hydrogens is 238 g/mol. The van der Waals surface area contributed by atoms with E-state index >= 15 is 0 Å². The molecule has 0 aromatic heterocycles. The van der Waals surface area contributed by atoms with Gasteiger partial charge in [-0.25, -0.2) is 0 Å². The van der Waals surface area contributed by atoms with Crippen LogP contribution in [-0.4, -0.2) is 14.7 Å². The predicted octanol–water partition coefficient (Wildman–Crippen LogP) is 2.97. The van der Waals surface area contributed by atoms with Crippen LogP contribution in [0, 0.1) is 6.92 Å². The van der Waals surface area contributed by atoms with Crippen molar-refractivity contribution in [1.82, 2.24) is 0 Å². The van der Waals surface area contributed by atoms with Gasteiger partial charge in [0.15, 0.2) is 5.75 Å². The zero-order chi connectivity index (χ0) is 14.1. The maximum Gasteiger partial charge on any atom is 0.306 e. The number of aryl methyl sites for hydroxylation is 1. The third-order valence-electron chi connectivity index (χ3n) is 1.41. The van der Waals surface area contributed by atoms with Crippen LogP contribution >= 0.6 is 0 Å². The first-order valence-corrected chi connectivity index (χ1v) is 7.46. The highest BCUT2D eigenvalue weighted by Gasteiger charge is 2.07. The van der Waals surface area contributed by atoms with Gasteiger partial charge in [0.05, 0.1) is 11.9 Å². The topological polar surface area (TPSA) is 69.4 Å². The van der Waals surface area contributed by atoms with Gasteiger partial charge in [0.1, 0.15) is 0 Å². The molecule has 1 aromatic carbocycles. The average Bonchev–Trinajstić information content (AvgIpc) is 2.27. The lowest BCUT2D eigenvalue weighted by Gasteiger charge is -2.06. The van der Waals surface area contributed by atoms with E-state index in [4.69, 9.17) is 5.73 Å². The van der Waals surface area contributed by atoms with E-state index in [0.717, 1.165) is 11.8 Å². The van der Waals surface area contributed by atoms with Crippen LogP contribution < -0.4 is 9.92 Å². The Morgan fingerprint density at radius 3 is 2.00 bits per heavy atom. The maximum absolute atomic E-state index is 10.8. The summed E-state index contributed by atoms with van der Waals surface area (Å²) in [6, 6.07) is 4.97. The Morgan fingerprint density at radius 2 is 1.59 bits per heavy atom. The van der Waals surface area contributed by atoms with Crippen molar-refractivity contribution in [2.24, 2.45) is 0 Å². The van der Waals surface area contributed by atoms with Crippen LogP contribution in [0.5, 0.6) is 5.75 Å². The molecule has 0 unspecified atom stereocenters. The number of hydrogen-bond acceptors (Lipinski definition) is 4. The van der Waals surface area contributed by atoms with Gasteiger partial charge in [0, 0.05) is 0 Å². The highest BCUT2D eigenvalue weighted by Crippen LogP contribution is 2.23. The van der Waals surface area contributed by atoms with Crippen molar-refractivity contribution in [2.75, 3.05) is 12.0 Å². The zero-order valence-electron chi connectivity index (χ0n) is 11.4. The minimum absolute atomic E-state index is 0.183. The first-order chi connectivity index (χ1) is 7.88. The smallest absolute Gasteiger partial charge is 0.306 e. The molecule has 2 N–H and O–H groups in total. The molecule has 0 aliphatic heterocycles. The second kappa shape index (κ2) is 8.87. The minimum atomic E-state index is -3.50. The maximum atomic E-state index is 10.8. The number of nitrogens with two attached hydrogens (primary N) is 1. The van der Waals surface area contributed by atoms with Crippen LogP contribution in [0.15, 0.2) is 18.2 Å². The standard InChI is InChI=1S/C8H11NO3S.2C2H6/c1-6-3-4-7(9)8(5-6)12-13(2,10)11;2*1-2/h3-5H,9H2,1-2H3;2*1-2H3. The highest BCUT2D eigenvalue weighted by atomic mass is 32.2. The fourth-order valence-electron chi connectivity index (χ4n) is 0.877. The Kier molecular flexibility index (Phi) is 9.47. The number of nitrogen functional groups attached to an aromatic ring is 1. The lowest BCUT2D eigenvalue weighted by Crippen LogP contribution is -2.07. The Hall–Kier alpha value is -1.23. The lowest BCUT2D eigenvalue weighted by atomic mass is 10.2. The van der Waals surface area contributed by atoms with Crippen LogP contribution in [0.1, 0.15) is 33.3 Å². The summed E-state index contributed by atoms with van der Waals surface area (Å²) >= 11 is 0. The molecule has 0 amide bonds. The molecule has 4 nitrogen and oxygen atoms in total. The van der Waals surface area contributed by atoms with Gasteiger partial charge >= 0.3 is 10.1 Å². The summed E-state index contributed by atoms with van der Waals surface area (Å²) in [5.74, 6) is 0.183. The molecule has 100 valence electrons. The van der Waals surface area contributed by atoms with Crippen molar-refractivity contribution in [3.63, 3.8) is 0 Å². The molecule has 0 spiro atoms. The van der Waals surface area contributed by atoms with E-state index in [1.807, 2.05) is 34.6 Å². The van der Waals surface area contributed by atoms with E-state index in [9.17, 15) is 8.42 Å². The summed E-state index contributed by atoms with van der Waals surface area (Å²) < 4.78 is 26.2. The molecule has 0 aliphatic rings. The summed E-state index contributed by atoms with van der Waals surface area (Å²) in [6.07, 6.45) is 0.981. The van der Waals surface area contributed by atoms with Gasteiger partial charge in [-0.2, -0.15) is 8.42 Å². The number of hydrogen-bond donors (Lipinski definition) is 1. The normalized spacial score (nSPS) is 9.29. The number of anilines is 1. The van der Waals surface area contributed by atoms with E-state index in [1.54, 1.807) is 18.2 Å². The lowest BCUT2D eigenvalue weighted by molar-refractivity contribution is 0.494. The minimum Gasteiger partial charge on any atom is -0.396 e. The summed E-state index contributed by atoms with van der Waals surface area (Å²) in [7, 11) is -3.50. The Bertz CT molecular complexity index is 414. The fraction of sp³-hybridized carbons (Fsp3) is 0.500. The first-order valence-electron chi connectivity index (χ1n) is 5.64. The van der Waals surface area contributed by atoms with Gasteiger partial charge in [-0.05, 0) is 24.6 Å². The Labute approximate surface area is 105 Å². The summed E-state index contributed by atoms with van der Waals surface area (Å²) in [6.45, 7) is 9.83. The quantitative estimate of drug-likeness (QED) is 0.656. The number of rotatable bonds is 2. The zero-order valence-corrected chi connectivity index (χ0v) is 12.3. The third kappa shape index (κ3) is 8.56. The van der Waals surface area contributed by atoms with Gasteiger partial charge < -0.3 is 9.92 Å². The van der Waals surface area contributed by atoms with Crippen molar-refractivity contribution >= 4 is 15.8 Å². The van der Waals surface area contributed by atoms with Crippen molar-refractivity contribution in [1.29, 1.82) is 0 Å². The molecule has 0 bridgehead atoms. The van der Waals surface area contributed by atoms with Gasteiger partial charge in [-0.15, -0.1) is 0 Å². The molecule has 0 atom stereocenters. The molecule has 0 radical (unpaired) electrons. The van der Waals surface area contributed by atoms with E-state index < -0.39 is 10.1 Å². The van der Waals surface area contributed by atoms with Crippen molar-refractivity contribution in [3.8, 4) is 5.75 Å². The summed E-state index contributed by atoms with van der Waals surface area (Å²) in [4.78, 5) is 0. The largest absolute Gasteiger partial charge is 0.396 e. The highest BCUT2D eigenvalue weighted by molar-refractivity contribution is 7.86. The summed E-state index contributed by atoms with van der Waals surface area (Å²) in [5, 5.41) is 0. The van der Waals surface area contributed by atoms with Crippen LogP contribution in [0.3, 0.4) is 0 Å². The van der Waals surface area contributed by atoms with E-state index in [-0.39, 0.29) is 5.75 Å². The van der Waals surface area contributed by atoms with Gasteiger partial charge in [-0.3, -0.25) is 0 Å². The van der Waals surface area contributed by atoms with Crippen molar-refractivity contribution in [2.45, 2.75) is 34.6 Å². The van der Waals surface area contributed by atoms with E-state index in [2.05, 4.69) is 4.18 Å². The first kappa shape index (κ1) is 18.1. The Morgan fingerprint density at radius 1 is 1.12 bits per heavy atom. The predicted molar refractivity (Wildman–Crippen MR) is 73.8 cm³/mol. The van der Waals surface area contributed by atoms with Gasteiger partial charge in [-0.1, -0.05) is 33.8 Å². The third-order valence-corrected chi connectivity index (χ3v) is 1.89. The Balaban J connectivity index is 0. The van der Waals surface area contributed by atoms with Crippen molar-refractivity contribution in [3.05, 3.63) is 23.8 Å². The van der Waals surface area contributed by atoms with Crippen LogP contribution in [0.2, 0.25) is 0 Å². The molecular formula is C12H23NO3S. The van der Waals surface area contributed by atoms with Crippen molar-refractivity contribution < 1.29 is 12.6 Å². The molecule has 1 aromatic rings. The molecule has 0 aliphatic carbocycles. The number of benzene rings is 1. The van der Waals surface area contributed by atoms with E-state index in [1.165, 1.54) is 0 Å². The fourth-order valence-corrected chi connectivity index (χ4v) is 1.35. The second-order valence-electron chi connectivity index (χ2n) is 2.83. The summed E-state index contributed by atoms with van der Waals surface area (Å²) in [5.41, 5.74) is 6.72. The molecule has 0 saturated carbocycles. The molecule has 0 heterocycles. The van der Waals surface area contributed by atoms with Crippen LogP contribution in [0.4, 0.5) is 5.69 Å². The van der Waals surface area contributed by atoms with E-state index in [0.29, 0.717) is 5.69 Å². The molecule has 5 heteroatoms. The molecule has 1 rings (SSSR count). The van der Waals surface area contributed by atoms with Crippen LogP contribution in [0.25, 0.3) is 0 Å². The van der Waals surface area contributed by atoms with Gasteiger partial charge in [0.25, 0.3) is 0 Å². The van der Waals surface area contributed by atoms with Crippen LogP contribution in [-0.2, 0) is 10.1 Å².